The van der Waals surface area contributed by atoms with Crippen LogP contribution in [0.2, 0.25) is 0 Å². The zero-order chi connectivity index (χ0) is 21.1. The van der Waals surface area contributed by atoms with E-state index in [1.165, 1.54) is 0 Å². The molecule has 0 saturated carbocycles. The summed E-state index contributed by atoms with van der Waals surface area (Å²) < 4.78 is 2.11. The van der Waals surface area contributed by atoms with Crippen LogP contribution in [0.4, 0.5) is 5.69 Å². The SMILES string of the molecule is Cc1nccc(-c2cccc(NC(=O)c3cc(C)n(Cc4ccccn4)c3C)c2)n1. The van der Waals surface area contributed by atoms with Crippen molar-refractivity contribution in [2.24, 2.45) is 0 Å². The fourth-order valence-electron chi connectivity index (χ4n) is 3.50. The number of nitrogens with zero attached hydrogens (tertiary/aromatic N) is 4. The normalized spacial score (nSPS) is 10.8. The van der Waals surface area contributed by atoms with E-state index in [0.29, 0.717) is 17.9 Å². The van der Waals surface area contributed by atoms with Gasteiger partial charge < -0.3 is 9.88 Å². The van der Waals surface area contributed by atoms with Gasteiger partial charge in [0.25, 0.3) is 5.91 Å². The maximum absolute atomic E-state index is 13.0. The number of rotatable bonds is 5. The molecule has 1 amide bonds. The number of nitrogens with one attached hydrogen (secondary N) is 1. The zero-order valence-electron chi connectivity index (χ0n) is 17.3. The number of pyridine rings is 1. The summed E-state index contributed by atoms with van der Waals surface area (Å²) >= 11 is 0. The summed E-state index contributed by atoms with van der Waals surface area (Å²) in [6.45, 7) is 6.46. The third-order valence-corrected chi connectivity index (χ3v) is 5.06. The van der Waals surface area contributed by atoms with E-state index in [1.54, 1.807) is 12.4 Å². The zero-order valence-corrected chi connectivity index (χ0v) is 17.3. The Morgan fingerprint density at radius 1 is 0.967 bits per heavy atom. The number of hydrogen-bond acceptors (Lipinski definition) is 4. The van der Waals surface area contributed by atoms with E-state index < -0.39 is 0 Å². The number of carbonyl (C=O) groups is 1. The van der Waals surface area contributed by atoms with Crippen LogP contribution < -0.4 is 5.32 Å². The van der Waals surface area contributed by atoms with Crippen LogP contribution in [0.5, 0.6) is 0 Å². The van der Waals surface area contributed by atoms with Crippen LogP contribution in [-0.4, -0.2) is 25.4 Å². The minimum Gasteiger partial charge on any atom is -0.342 e. The average Bonchev–Trinajstić information content (AvgIpc) is 3.03. The lowest BCUT2D eigenvalue weighted by Crippen LogP contribution is -2.13. The lowest BCUT2D eigenvalue weighted by atomic mass is 10.1. The number of anilines is 1. The Kier molecular flexibility index (Phi) is 5.39. The summed E-state index contributed by atoms with van der Waals surface area (Å²) in [7, 11) is 0. The molecule has 0 atom stereocenters. The molecule has 3 heterocycles. The van der Waals surface area contributed by atoms with Crippen molar-refractivity contribution in [3.8, 4) is 11.3 Å². The first-order valence-electron chi connectivity index (χ1n) is 9.79. The Morgan fingerprint density at radius 3 is 2.60 bits per heavy atom. The van der Waals surface area contributed by atoms with E-state index in [0.717, 1.165) is 34.0 Å². The van der Waals surface area contributed by atoms with Crippen LogP contribution in [0.15, 0.2) is 67.0 Å². The first kappa shape index (κ1) is 19.5. The summed E-state index contributed by atoms with van der Waals surface area (Å²) in [6.07, 6.45) is 3.52. The van der Waals surface area contributed by atoms with E-state index in [9.17, 15) is 4.79 Å². The average molecular weight is 397 g/mol. The van der Waals surface area contributed by atoms with E-state index >= 15 is 0 Å². The number of carbonyl (C=O) groups excluding carboxylic acids is 1. The van der Waals surface area contributed by atoms with Crippen molar-refractivity contribution < 1.29 is 4.79 Å². The highest BCUT2D eigenvalue weighted by Crippen LogP contribution is 2.23. The van der Waals surface area contributed by atoms with Gasteiger partial charge in [-0.3, -0.25) is 9.78 Å². The molecule has 0 aliphatic rings. The lowest BCUT2D eigenvalue weighted by molar-refractivity contribution is 0.102. The predicted octanol–water partition coefficient (Wildman–Crippen LogP) is 4.57. The molecular weight excluding hydrogens is 374 g/mol. The van der Waals surface area contributed by atoms with Gasteiger partial charge in [-0.25, -0.2) is 9.97 Å². The Labute approximate surface area is 175 Å². The fourth-order valence-corrected chi connectivity index (χ4v) is 3.50. The molecule has 0 unspecified atom stereocenters. The van der Waals surface area contributed by atoms with Crippen molar-refractivity contribution >= 4 is 11.6 Å². The third kappa shape index (κ3) is 4.12. The molecule has 3 aromatic heterocycles. The Hall–Kier alpha value is -3.80. The quantitative estimate of drug-likeness (QED) is 0.536. The van der Waals surface area contributed by atoms with Gasteiger partial charge in [0.15, 0.2) is 0 Å². The second-order valence-electron chi connectivity index (χ2n) is 7.22. The second-order valence-corrected chi connectivity index (χ2v) is 7.22. The van der Waals surface area contributed by atoms with E-state index in [4.69, 9.17) is 0 Å². The topological polar surface area (TPSA) is 72.7 Å². The third-order valence-electron chi connectivity index (χ3n) is 5.06. The van der Waals surface area contributed by atoms with Crippen molar-refractivity contribution in [3.63, 3.8) is 0 Å². The molecule has 0 saturated heterocycles. The smallest absolute Gasteiger partial charge is 0.257 e. The van der Waals surface area contributed by atoms with Crippen molar-refractivity contribution in [1.82, 2.24) is 19.5 Å². The van der Waals surface area contributed by atoms with Crippen molar-refractivity contribution in [3.05, 3.63) is 95.5 Å². The molecular formula is C24H23N5O. The maximum atomic E-state index is 13.0. The summed E-state index contributed by atoms with van der Waals surface area (Å²) in [5.41, 5.74) is 6.03. The largest absolute Gasteiger partial charge is 0.342 e. The van der Waals surface area contributed by atoms with Crippen LogP contribution in [0.3, 0.4) is 0 Å². The number of aryl methyl sites for hydroxylation is 2. The van der Waals surface area contributed by atoms with Gasteiger partial charge >= 0.3 is 0 Å². The highest BCUT2D eigenvalue weighted by Gasteiger charge is 2.16. The number of hydrogen-bond donors (Lipinski definition) is 1. The van der Waals surface area contributed by atoms with Crippen LogP contribution in [0.25, 0.3) is 11.3 Å². The number of amides is 1. The molecule has 1 aromatic carbocycles. The molecule has 0 aliphatic carbocycles. The monoisotopic (exact) mass is 397 g/mol. The molecule has 0 spiro atoms. The van der Waals surface area contributed by atoms with Gasteiger partial charge in [-0.15, -0.1) is 0 Å². The standard InChI is InChI=1S/C24H23N5O/c1-16-13-22(17(2)29(16)15-21-8-4-5-11-26-21)24(30)28-20-9-6-7-19(14-20)23-10-12-25-18(3)27-23/h4-14H,15H2,1-3H3,(H,28,30). The van der Waals surface area contributed by atoms with Crippen LogP contribution >= 0.6 is 0 Å². The Balaban J connectivity index is 1.56. The van der Waals surface area contributed by atoms with E-state index in [-0.39, 0.29) is 5.91 Å². The van der Waals surface area contributed by atoms with Gasteiger partial charge in [0.1, 0.15) is 5.82 Å². The summed E-state index contributed by atoms with van der Waals surface area (Å²) in [6, 6.07) is 17.3. The van der Waals surface area contributed by atoms with Gasteiger partial charge in [-0.2, -0.15) is 0 Å². The van der Waals surface area contributed by atoms with E-state index in [1.807, 2.05) is 75.4 Å². The fraction of sp³-hybridized carbons (Fsp3) is 0.167. The summed E-state index contributed by atoms with van der Waals surface area (Å²) in [4.78, 5) is 26.0. The highest BCUT2D eigenvalue weighted by molar-refractivity contribution is 6.05. The highest BCUT2D eigenvalue weighted by atomic mass is 16.1. The summed E-state index contributed by atoms with van der Waals surface area (Å²) in [5, 5.41) is 3.02. The van der Waals surface area contributed by atoms with Crippen LogP contribution in [0.1, 0.15) is 33.3 Å². The molecule has 6 nitrogen and oxygen atoms in total. The van der Waals surface area contributed by atoms with E-state index in [2.05, 4.69) is 24.8 Å². The van der Waals surface area contributed by atoms with Crippen molar-refractivity contribution in [1.29, 1.82) is 0 Å². The number of aromatic nitrogens is 4. The molecule has 0 bridgehead atoms. The first-order valence-corrected chi connectivity index (χ1v) is 9.79. The van der Waals surface area contributed by atoms with Gasteiger partial charge in [-0.05, 0) is 57.2 Å². The second kappa shape index (κ2) is 8.29. The lowest BCUT2D eigenvalue weighted by Gasteiger charge is -2.10. The van der Waals surface area contributed by atoms with Crippen molar-refractivity contribution in [2.45, 2.75) is 27.3 Å². The molecule has 6 heteroatoms. The molecule has 4 rings (SSSR count). The molecule has 150 valence electrons. The van der Waals surface area contributed by atoms with Gasteiger partial charge in [0, 0.05) is 35.0 Å². The Morgan fingerprint density at radius 2 is 1.83 bits per heavy atom. The molecule has 30 heavy (non-hydrogen) atoms. The predicted molar refractivity (Wildman–Crippen MR) is 117 cm³/mol. The summed E-state index contributed by atoms with van der Waals surface area (Å²) in [5.74, 6) is 0.577. The first-order chi connectivity index (χ1) is 14.5. The molecule has 0 fully saturated rings. The van der Waals surface area contributed by atoms with Crippen LogP contribution in [-0.2, 0) is 6.54 Å². The maximum Gasteiger partial charge on any atom is 0.257 e. The molecule has 0 aliphatic heterocycles. The van der Waals surface area contributed by atoms with Crippen LogP contribution in [0, 0.1) is 20.8 Å². The minimum atomic E-state index is -0.133. The molecule has 0 radical (unpaired) electrons. The molecule has 1 N–H and O–H groups in total. The van der Waals surface area contributed by atoms with Gasteiger partial charge in [0.05, 0.1) is 23.5 Å². The minimum absolute atomic E-state index is 0.133. The van der Waals surface area contributed by atoms with Gasteiger partial charge in [-0.1, -0.05) is 18.2 Å². The van der Waals surface area contributed by atoms with Gasteiger partial charge in [0.2, 0.25) is 0 Å². The number of benzene rings is 1. The Bertz CT molecular complexity index is 1200. The van der Waals surface area contributed by atoms with Crippen molar-refractivity contribution in [2.75, 3.05) is 5.32 Å². The molecule has 4 aromatic rings.